The van der Waals surface area contributed by atoms with Gasteiger partial charge in [0.1, 0.15) is 0 Å². The Kier molecular flexibility index (Phi) is 3.33. The zero-order valence-corrected chi connectivity index (χ0v) is 11.8. The minimum atomic E-state index is 0.585. The Morgan fingerprint density at radius 2 is 1.53 bits per heavy atom. The minimum absolute atomic E-state index is 0.585. The summed E-state index contributed by atoms with van der Waals surface area (Å²) < 4.78 is 16.4. The first-order valence-corrected chi connectivity index (χ1v) is 8.22. The summed E-state index contributed by atoms with van der Waals surface area (Å²) in [4.78, 5) is 0. The van der Waals surface area contributed by atoms with Crippen LogP contribution in [0.1, 0.15) is 57.8 Å². The van der Waals surface area contributed by atoms with E-state index in [1.807, 2.05) is 0 Å². The fourth-order valence-corrected chi connectivity index (χ4v) is 4.05. The molecular weight excluding hydrogens is 240 g/mol. The fourth-order valence-electron chi connectivity index (χ4n) is 4.05. The Hall–Kier alpha value is -0.120. The van der Waals surface area contributed by atoms with Gasteiger partial charge in [-0.25, -0.2) is 0 Å². The molecule has 4 fully saturated rings. The molecule has 0 aromatic rings. The van der Waals surface area contributed by atoms with Gasteiger partial charge < -0.3 is 14.2 Å². The van der Waals surface area contributed by atoms with Crippen molar-refractivity contribution in [1.82, 2.24) is 0 Å². The van der Waals surface area contributed by atoms with Gasteiger partial charge in [0.05, 0.1) is 37.6 Å². The van der Waals surface area contributed by atoms with E-state index in [1.54, 1.807) is 0 Å². The maximum absolute atomic E-state index is 5.76. The molecule has 0 N–H and O–H groups in total. The van der Waals surface area contributed by atoms with Gasteiger partial charge in [-0.2, -0.15) is 0 Å². The van der Waals surface area contributed by atoms with Crippen LogP contribution in [0, 0.1) is 5.41 Å². The lowest BCUT2D eigenvalue weighted by Gasteiger charge is -2.36. The van der Waals surface area contributed by atoms with E-state index in [4.69, 9.17) is 14.2 Å². The van der Waals surface area contributed by atoms with Gasteiger partial charge >= 0.3 is 0 Å². The molecular formula is C16H26O3. The Bertz CT molecular complexity index is 304. The van der Waals surface area contributed by atoms with Crippen LogP contribution < -0.4 is 0 Å². The molecule has 0 bridgehead atoms. The second-order valence-electron chi connectivity index (χ2n) is 7.15. The number of ether oxygens (including phenoxy) is 3. The van der Waals surface area contributed by atoms with Crippen LogP contribution >= 0.6 is 0 Å². The zero-order valence-electron chi connectivity index (χ0n) is 11.8. The molecule has 0 aromatic heterocycles. The number of rotatable bonds is 8. The molecule has 3 aliphatic heterocycles. The van der Waals surface area contributed by atoms with Crippen LogP contribution in [0.2, 0.25) is 0 Å². The highest BCUT2D eigenvalue weighted by molar-refractivity contribution is 4.99. The lowest BCUT2D eigenvalue weighted by atomic mass is 9.68. The van der Waals surface area contributed by atoms with Gasteiger partial charge in [0.15, 0.2) is 0 Å². The van der Waals surface area contributed by atoms with Crippen molar-refractivity contribution in [2.24, 2.45) is 5.41 Å². The van der Waals surface area contributed by atoms with Crippen molar-refractivity contribution in [3.8, 4) is 0 Å². The highest BCUT2D eigenvalue weighted by Crippen LogP contribution is 2.51. The fraction of sp³-hybridized carbons (Fsp3) is 1.00. The number of hydrogen-bond acceptors (Lipinski definition) is 3. The molecule has 3 saturated heterocycles. The van der Waals surface area contributed by atoms with Crippen molar-refractivity contribution in [1.29, 1.82) is 0 Å². The van der Waals surface area contributed by atoms with Crippen molar-refractivity contribution in [2.45, 2.75) is 82.2 Å². The molecule has 108 valence electrons. The predicted octanol–water partition coefficient (Wildman–Crippen LogP) is 3.06. The summed E-state index contributed by atoms with van der Waals surface area (Å²) in [5.74, 6) is 0. The molecule has 3 heteroatoms. The number of epoxide rings is 3. The van der Waals surface area contributed by atoms with Gasteiger partial charge in [-0.15, -0.1) is 0 Å². The van der Waals surface area contributed by atoms with Crippen molar-refractivity contribution in [2.75, 3.05) is 13.2 Å². The first-order chi connectivity index (χ1) is 9.33. The van der Waals surface area contributed by atoms with Gasteiger partial charge in [-0.3, -0.25) is 0 Å². The Balaban J connectivity index is 1.28. The molecule has 4 aliphatic rings. The van der Waals surface area contributed by atoms with Gasteiger partial charge in [0.2, 0.25) is 0 Å². The maximum Gasteiger partial charge on any atom is 0.0847 e. The molecule has 3 heterocycles. The number of hydrogen-bond donors (Lipinski definition) is 0. The van der Waals surface area contributed by atoms with Crippen LogP contribution in [0.3, 0.4) is 0 Å². The molecule has 1 saturated carbocycles. The van der Waals surface area contributed by atoms with E-state index in [2.05, 4.69) is 0 Å². The minimum Gasteiger partial charge on any atom is -0.373 e. The molecule has 0 spiro atoms. The largest absolute Gasteiger partial charge is 0.373 e. The third kappa shape index (κ3) is 3.32. The lowest BCUT2D eigenvalue weighted by molar-refractivity contribution is 0.157. The molecule has 4 atom stereocenters. The summed E-state index contributed by atoms with van der Waals surface area (Å²) in [7, 11) is 0. The quantitative estimate of drug-likeness (QED) is 0.634. The van der Waals surface area contributed by atoms with Crippen LogP contribution in [-0.2, 0) is 14.2 Å². The van der Waals surface area contributed by atoms with Crippen molar-refractivity contribution < 1.29 is 14.2 Å². The summed E-state index contributed by atoms with van der Waals surface area (Å²) >= 11 is 0. The average Bonchev–Trinajstić information content (AvgIpc) is 3.21. The van der Waals surface area contributed by atoms with E-state index >= 15 is 0 Å². The summed E-state index contributed by atoms with van der Waals surface area (Å²) in [6, 6.07) is 0. The van der Waals surface area contributed by atoms with Crippen LogP contribution in [0.25, 0.3) is 0 Å². The monoisotopic (exact) mass is 266 g/mol. The molecule has 19 heavy (non-hydrogen) atoms. The first kappa shape index (κ1) is 12.6. The molecule has 4 rings (SSSR count). The average molecular weight is 266 g/mol. The van der Waals surface area contributed by atoms with Crippen molar-refractivity contribution >= 4 is 0 Å². The predicted molar refractivity (Wildman–Crippen MR) is 72.1 cm³/mol. The molecule has 0 aromatic carbocycles. The van der Waals surface area contributed by atoms with Gasteiger partial charge in [-0.1, -0.05) is 12.8 Å². The molecule has 3 nitrogen and oxygen atoms in total. The third-order valence-electron chi connectivity index (χ3n) is 5.55. The highest BCUT2D eigenvalue weighted by atomic mass is 16.6. The van der Waals surface area contributed by atoms with Gasteiger partial charge in [-0.05, 0) is 50.4 Å². The Morgan fingerprint density at radius 1 is 0.895 bits per heavy atom. The summed E-state index contributed by atoms with van der Waals surface area (Å²) in [5.41, 5.74) is 0.585. The molecule has 1 aliphatic carbocycles. The van der Waals surface area contributed by atoms with E-state index in [9.17, 15) is 0 Å². The molecule has 4 unspecified atom stereocenters. The van der Waals surface area contributed by atoms with Gasteiger partial charge in [0.25, 0.3) is 0 Å². The summed E-state index contributed by atoms with van der Waals surface area (Å²) in [6.07, 6.45) is 14.5. The van der Waals surface area contributed by atoms with Crippen molar-refractivity contribution in [3.05, 3.63) is 0 Å². The standard InChI is InChI=1S/C16H26O3/c1(3-12-10-17-12)6-16(7-2-4-13-11-18-13)8-5-14-15(9-16)19-14/h12-15H,1-11H2. The van der Waals surface area contributed by atoms with Gasteiger partial charge in [0, 0.05) is 0 Å². The second-order valence-corrected chi connectivity index (χ2v) is 7.15. The van der Waals surface area contributed by atoms with E-state index < -0.39 is 0 Å². The second kappa shape index (κ2) is 5.01. The summed E-state index contributed by atoms with van der Waals surface area (Å²) in [5, 5.41) is 0. The van der Waals surface area contributed by atoms with Crippen LogP contribution in [-0.4, -0.2) is 37.6 Å². The van der Waals surface area contributed by atoms with Crippen LogP contribution in [0.5, 0.6) is 0 Å². The molecule has 0 amide bonds. The normalized spacial score (nSPS) is 46.7. The Morgan fingerprint density at radius 3 is 2.05 bits per heavy atom. The highest BCUT2D eigenvalue weighted by Gasteiger charge is 2.49. The van der Waals surface area contributed by atoms with E-state index in [-0.39, 0.29) is 0 Å². The smallest absolute Gasteiger partial charge is 0.0847 e. The zero-order chi connectivity index (χ0) is 12.7. The van der Waals surface area contributed by atoms with E-state index in [1.165, 1.54) is 57.8 Å². The van der Waals surface area contributed by atoms with Crippen LogP contribution in [0.15, 0.2) is 0 Å². The summed E-state index contributed by atoms with van der Waals surface area (Å²) in [6.45, 7) is 2.03. The Labute approximate surface area is 116 Å². The SMILES string of the molecule is C(CC1CO1)CC1(CCCC2CO2)CCC2OC2C1. The number of fused-ring (bicyclic) bond motifs is 1. The molecule has 0 radical (unpaired) electrons. The first-order valence-electron chi connectivity index (χ1n) is 8.22. The maximum atomic E-state index is 5.76. The third-order valence-corrected chi connectivity index (χ3v) is 5.55. The van der Waals surface area contributed by atoms with Crippen LogP contribution in [0.4, 0.5) is 0 Å². The topological polar surface area (TPSA) is 37.6 Å². The lowest BCUT2D eigenvalue weighted by Crippen LogP contribution is -2.28. The van der Waals surface area contributed by atoms with E-state index in [0.717, 1.165) is 13.2 Å². The van der Waals surface area contributed by atoms with Crippen molar-refractivity contribution in [3.63, 3.8) is 0 Å². The van der Waals surface area contributed by atoms with E-state index in [0.29, 0.717) is 29.8 Å².